The summed E-state index contributed by atoms with van der Waals surface area (Å²) in [7, 11) is 0. The van der Waals surface area contributed by atoms with Gasteiger partial charge in [0.2, 0.25) is 5.91 Å². The van der Waals surface area contributed by atoms with Crippen molar-refractivity contribution in [2.45, 2.75) is 20.5 Å². The van der Waals surface area contributed by atoms with Crippen molar-refractivity contribution in [1.29, 1.82) is 0 Å². The van der Waals surface area contributed by atoms with Gasteiger partial charge in [-0.2, -0.15) is 9.36 Å². The van der Waals surface area contributed by atoms with Crippen molar-refractivity contribution >= 4 is 17.3 Å². The van der Waals surface area contributed by atoms with Crippen LogP contribution in [0.5, 0.6) is 0 Å². The van der Waals surface area contributed by atoms with Crippen LogP contribution in [0.1, 0.15) is 13.8 Å². The van der Waals surface area contributed by atoms with Crippen LogP contribution >= 0.6 is 0 Å². The molecule has 0 atom stereocenters. The summed E-state index contributed by atoms with van der Waals surface area (Å²) in [5.41, 5.74) is -1.09. The number of halogens is 3. The number of nitrogens with one attached hydrogen (secondary N) is 1. The Morgan fingerprint density at radius 2 is 1.79 bits per heavy atom. The van der Waals surface area contributed by atoms with Gasteiger partial charge >= 0.3 is 5.69 Å². The van der Waals surface area contributed by atoms with Crippen molar-refractivity contribution in [1.82, 2.24) is 19.8 Å². The average molecular weight is 406 g/mol. The minimum Gasteiger partial charge on any atom is -0.350 e. The monoisotopic (exact) mass is 406 g/mol. The maximum Gasteiger partial charge on any atom is 0.370 e. The van der Waals surface area contributed by atoms with Gasteiger partial charge in [0.25, 0.3) is 0 Å². The summed E-state index contributed by atoms with van der Waals surface area (Å²) in [6, 6.07) is 7.25. The van der Waals surface area contributed by atoms with E-state index in [1.165, 1.54) is 24.0 Å². The van der Waals surface area contributed by atoms with Crippen LogP contribution in [0.3, 0.4) is 0 Å². The highest BCUT2D eigenvalue weighted by molar-refractivity contribution is 5.88. The number of hydrogen-bond donors (Lipinski definition) is 1. The Morgan fingerprint density at radius 3 is 2.38 bits per heavy atom. The Bertz CT molecular complexity index is 1090. The summed E-state index contributed by atoms with van der Waals surface area (Å²) in [5, 5.41) is 9.64. The third-order valence-electron chi connectivity index (χ3n) is 4.08. The van der Waals surface area contributed by atoms with Crippen LogP contribution in [0.4, 0.5) is 24.5 Å². The van der Waals surface area contributed by atoms with Crippen LogP contribution < -0.4 is 15.9 Å². The number of nitrogens with zero attached hydrogens (tertiary/aromatic N) is 5. The lowest BCUT2D eigenvalue weighted by Gasteiger charge is -2.23. The summed E-state index contributed by atoms with van der Waals surface area (Å²) >= 11 is 0. The largest absolute Gasteiger partial charge is 0.370 e. The average Bonchev–Trinajstić information content (AvgIpc) is 3.00. The maximum absolute atomic E-state index is 14.5. The van der Waals surface area contributed by atoms with Crippen molar-refractivity contribution in [3.05, 3.63) is 64.3 Å². The third kappa shape index (κ3) is 4.13. The molecule has 1 amide bonds. The Labute approximate surface area is 163 Å². The fourth-order valence-corrected chi connectivity index (χ4v) is 2.75. The first-order chi connectivity index (χ1) is 13.8. The second kappa shape index (κ2) is 8.17. The van der Waals surface area contributed by atoms with E-state index in [0.29, 0.717) is 11.2 Å². The molecule has 152 valence electrons. The Morgan fingerprint density at radius 1 is 1.10 bits per heavy atom. The molecule has 0 aliphatic carbocycles. The van der Waals surface area contributed by atoms with Gasteiger partial charge in [-0.3, -0.25) is 4.79 Å². The molecule has 0 fully saturated rings. The number of benzene rings is 2. The summed E-state index contributed by atoms with van der Waals surface area (Å²) in [4.78, 5) is 25.1. The van der Waals surface area contributed by atoms with Gasteiger partial charge in [0.05, 0.1) is 5.69 Å². The zero-order valence-corrected chi connectivity index (χ0v) is 15.6. The molecule has 0 unspecified atom stereocenters. The Balaban J connectivity index is 1.90. The van der Waals surface area contributed by atoms with E-state index in [1.54, 1.807) is 6.92 Å². The second-order valence-electron chi connectivity index (χ2n) is 6.09. The second-order valence-corrected chi connectivity index (χ2v) is 6.09. The molecule has 3 rings (SSSR count). The number of para-hydroxylation sites is 1. The number of aromatic nitrogens is 4. The number of anilines is 2. The molecule has 0 aliphatic heterocycles. The zero-order chi connectivity index (χ0) is 21.1. The van der Waals surface area contributed by atoms with Crippen LogP contribution in [-0.2, 0) is 11.5 Å². The fourth-order valence-electron chi connectivity index (χ4n) is 2.75. The molecule has 0 spiro atoms. The first-order valence-electron chi connectivity index (χ1n) is 8.61. The lowest BCUT2D eigenvalue weighted by atomic mass is 10.2. The van der Waals surface area contributed by atoms with Crippen LogP contribution in [0.2, 0.25) is 0 Å². The highest BCUT2D eigenvalue weighted by Gasteiger charge is 2.19. The van der Waals surface area contributed by atoms with E-state index in [-0.39, 0.29) is 24.0 Å². The molecule has 0 bridgehead atoms. The molecule has 1 aromatic heterocycles. The van der Waals surface area contributed by atoms with Gasteiger partial charge in [-0.1, -0.05) is 6.07 Å². The van der Waals surface area contributed by atoms with E-state index < -0.39 is 28.8 Å². The molecule has 8 nitrogen and oxygen atoms in total. The van der Waals surface area contributed by atoms with E-state index in [2.05, 4.69) is 15.7 Å². The molecular formula is C18H17F3N6O2. The van der Waals surface area contributed by atoms with E-state index in [4.69, 9.17) is 0 Å². The predicted octanol–water partition coefficient (Wildman–Crippen LogP) is 2.29. The number of carbonyl (C=O) groups excluding carboxylic acids is 1. The van der Waals surface area contributed by atoms with E-state index in [1.807, 2.05) is 0 Å². The normalized spacial score (nSPS) is 10.8. The summed E-state index contributed by atoms with van der Waals surface area (Å²) in [5.74, 6) is -2.90. The van der Waals surface area contributed by atoms with Crippen LogP contribution in [0.15, 0.2) is 41.2 Å². The molecule has 2 aromatic carbocycles. The van der Waals surface area contributed by atoms with Crippen LogP contribution in [-0.4, -0.2) is 32.2 Å². The van der Waals surface area contributed by atoms with Gasteiger partial charge in [-0.15, -0.1) is 0 Å². The lowest BCUT2D eigenvalue weighted by Crippen LogP contribution is -2.34. The minimum atomic E-state index is -0.967. The molecule has 1 heterocycles. The SMILES string of the molecule is CCN(Cn1nnn(-c2c(F)cccc2F)c1=O)c1ccc(NC(C)=O)cc1F. The van der Waals surface area contributed by atoms with Gasteiger partial charge in [0.1, 0.15) is 18.2 Å². The topological polar surface area (TPSA) is 85.1 Å². The van der Waals surface area contributed by atoms with Crippen molar-refractivity contribution in [3.63, 3.8) is 0 Å². The van der Waals surface area contributed by atoms with Crippen LogP contribution in [0, 0.1) is 17.5 Å². The van der Waals surface area contributed by atoms with E-state index >= 15 is 0 Å². The molecular weight excluding hydrogens is 389 g/mol. The molecule has 11 heteroatoms. The quantitative estimate of drug-likeness (QED) is 0.679. The van der Waals surface area contributed by atoms with E-state index in [0.717, 1.165) is 28.9 Å². The van der Waals surface area contributed by atoms with E-state index in [9.17, 15) is 22.8 Å². The maximum atomic E-state index is 14.5. The molecule has 0 radical (unpaired) electrons. The molecule has 1 N–H and O–H groups in total. The summed E-state index contributed by atoms with van der Waals surface area (Å²) in [6.07, 6.45) is 0. The summed E-state index contributed by atoms with van der Waals surface area (Å²) in [6.45, 7) is 3.12. The molecule has 3 aromatic rings. The number of carbonyl (C=O) groups is 1. The fraction of sp³-hybridized carbons (Fsp3) is 0.222. The Hall–Kier alpha value is -3.63. The predicted molar refractivity (Wildman–Crippen MR) is 99.3 cm³/mol. The number of hydrogen-bond acceptors (Lipinski definition) is 5. The first-order valence-corrected chi connectivity index (χ1v) is 8.61. The van der Waals surface area contributed by atoms with Gasteiger partial charge in [0, 0.05) is 19.2 Å². The smallest absolute Gasteiger partial charge is 0.350 e. The van der Waals surface area contributed by atoms with Gasteiger partial charge in [-0.25, -0.2) is 18.0 Å². The van der Waals surface area contributed by atoms with Gasteiger partial charge in [0.15, 0.2) is 11.6 Å². The molecule has 0 saturated heterocycles. The van der Waals surface area contributed by atoms with Gasteiger partial charge < -0.3 is 10.2 Å². The first kappa shape index (κ1) is 20.1. The molecule has 0 saturated carbocycles. The number of amides is 1. The molecule has 29 heavy (non-hydrogen) atoms. The third-order valence-corrected chi connectivity index (χ3v) is 4.08. The van der Waals surface area contributed by atoms with Crippen molar-refractivity contribution in [2.24, 2.45) is 0 Å². The summed E-state index contributed by atoms with van der Waals surface area (Å²) < 4.78 is 43.7. The van der Waals surface area contributed by atoms with Crippen molar-refractivity contribution < 1.29 is 18.0 Å². The highest BCUT2D eigenvalue weighted by atomic mass is 19.1. The molecule has 0 aliphatic rings. The number of rotatable bonds is 6. The standard InChI is InChI=1S/C18H17F3N6O2/c1-3-25(16-8-7-12(9-15(16)21)22-11(2)28)10-26-18(29)27(24-23-26)17-13(19)5-4-6-14(17)20/h4-9H,3,10H2,1-2H3,(H,22,28). The van der Waals surface area contributed by atoms with Crippen molar-refractivity contribution in [2.75, 3.05) is 16.8 Å². The van der Waals surface area contributed by atoms with Crippen LogP contribution in [0.25, 0.3) is 5.69 Å². The Kier molecular flexibility index (Phi) is 5.66. The van der Waals surface area contributed by atoms with Crippen molar-refractivity contribution in [3.8, 4) is 5.69 Å². The highest BCUT2D eigenvalue weighted by Crippen LogP contribution is 2.23. The zero-order valence-electron chi connectivity index (χ0n) is 15.6. The lowest BCUT2D eigenvalue weighted by molar-refractivity contribution is -0.114. The van der Waals surface area contributed by atoms with Gasteiger partial charge in [-0.05, 0) is 47.7 Å². The minimum absolute atomic E-state index is 0.153. The number of tetrazole rings is 1.